The van der Waals surface area contributed by atoms with Gasteiger partial charge in [0.2, 0.25) is 0 Å². The molecule has 0 bridgehead atoms. The molecule has 0 radical (unpaired) electrons. The Hall–Kier alpha value is -3.48. The van der Waals surface area contributed by atoms with Crippen LogP contribution >= 0.6 is 0 Å². The molecular formula is C19H14F2N2O3. The average molecular weight is 356 g/mol. The zero-order chi connectivity index (χ0) is 18.7. The van der Waals surface area contributed by atoms with E-state index in [0.29, 0.717) is 12.1 Å². The Bertz CT molecular complexity index is 1010. The average Bonchev–Trinajstić information content (AvgIpc) is 2.62. The highest BCUT2D eigenvalue weighted by molar-refractivity contribution is 6.01. The van der Waals surface area contributed by atoms with Crippen molar-refractivity contribution in [3.63, 3.8) is 0 Å². The van der Waals surface area contributed by atoms with Crippen LogP contribution < -0.4 is 11.1 Å². The topological polar surface area (TPSA) is 81.4 Å². The lowest BCUT2D eigenvalue weighted by Gasteiger charge is -2.11. The smallest absolute Gasteiger partial charge is 0.411 e. The minimum absolute atomic E-state index is 0.0355. The molecule has 7 heteroatoms. The Labute approximate surface area is 147 Å². The first-order chi connectivity index (χ1) is 12.4. The van der Waals surface area contributed by atoms with Gasteiger partial charge >= 0.3 is 6.09 Å². The molecule has 3 rings (SSSR count). The number of amides is 2. The Morgan fingerprint density at radius 3 is 2.38 bits per heavy atom. The third kappa shape index (κ3) is 3.77. The number of hydrogen-bond donors (Lipinski definition) is 2. The summed E-state index contributed by atoms with van der Waals surface area (Å²) in [6.07, 6.45) is -0.924. The number of primary amides is 1. The first kappa shape index (κ1) is 17.3. The molecule has 0 saturated heterocycles. The van der Waals surface area contributed by atoms with E-state index in [-0.39, 0.29) is 17.9 Å². The Morgan fingerprint density at radius 1 is 0.962 bits per heavy atom. The number of nitrogens with two attached hydrogens (primary N) is 1. The number of carbonyl (C=O) groups is 2. The van der Waals surface area contributed by atoms with Crippen molar-refractivity contribution < 1.29 is 23.1 Å². The van der Waals surface area contributed by atoms with Crippen molar-refractivity contribution in [3.8, 4) is 0 Å². The van der Waals surface area contributed by atoms with Crippen LogP contribution in [0.1, 0.15) is 15.9 Å². The monoisotopic (exact) mass is 356 g/mol. The highest BCUT2D eigenvalue weighted by atomic mass is 19.2. The molecule has 2 amide bonds. The summed E-state index contributed by atoms with van der Waals surface area (Å²) in [5, 5.41) is 4.24. The molecule has 132 valence electrons. The molecule has 5 nitrogen and oxygen atoms in total. The summed E-state index contributed by atoms with van der Waals surface area (Å²) in [4.78, 5) is 23.2. The first-order valence-electron chi connectivity index (χ1n) is 7.64. The summed E-state index contributed by atoms with van der Waals surface area (Å²) >= 11 is 0. The molecule has 0 fully saturated rings. The molecule has 26 heavy (non-hydrogen) atoms. The molecule has 0 saturated carbocycles. The van der Waals surface area contributed by atoms with Crippen molar-refractivity contribution in [2.24, 2.45) is 5.73 Å². The second-order valence-corrected chi connectivity index (χ2v) is 5.56. The third-order valence-corrected chi connectivity index (χ3v) is 3.75. The molecule has 3 aromatic carbocycles. The molecule has 0 aliphatic heterocycles. The second-order valence-electron chi connectivity index (χ2n) is 5.56. The van der Waals surface area contributed by atoms with Gasteiger partial charge in [0, 0.05) is 6.07 Å². The van der Waals surface area contributed by atoms with Gasteiger partial charge in [-0.15, -0.1) is 0 Å². The van der Waals surface area contributed by atoms with E-state index in [9.17, 15) is 18.4 Å². The lowest BCUT2D eigenvalue weighted by atomic mass is 10.1. The van der Waals surface area contributed by atoms with Crippen molar-refractivity contribution in [1.29, 1.82) is 0 Å². The fourth-order valence-electron chi connectivity index (χ4n) is 2.48. The molecule has 3 N–H and O–H groups in total. The first-order valence-corrected chi connectivity index (χ1v) is 7.64. The zero-order valence-corrected chi connectivity index (χ0v) is 13.5. The van der Waals surface area contributed by atoms with Crippen LogP contribution in [0.2, 0.25) is 0 Å². The Balaban J connectivity index is 1.70. The fourth-order valence-corrected chi connectivity index (χ4v) is 2.48. The van der Waals surface area contributed by atoms with Crippen LogP contribution in [0.4, 0.5) is 19.3 Å². The molecule has 0 aromatic heterocycles. The number of anilines is 1. The SMILES string of the molecule is NC(=O)c1cc(F)c(F)cc1NC(=O)OCc1ccc2ccccc2c1. The third-order valence-electron chi connectivity index (χ3n) is 3.75. The number of fused-ring (bicyclic) bond motifs is 1. The van der Waals surface area contributed by atoms with Gasteiger partial charge in [0.1, 0.15) is 6.61 Å². The van der Waals surface area contributed by atoms with Crippen LogP contribution in [0, 0.1) is 11.6 Å². The molecular weight excluding hydrogens is 342 g/mol. The van der Waals surface area contributed by atoms with E-state index in [1.807, 2.05) is 42.5 Å². The van der Waals surface area contributed by atoms with E-state index >= 15 is 0 Å². The van der Waals surface area contributed by atoms with Crippen molar-refractivity contribution in [3.05, 3.63) is 77.4 Å². The van der Waals surface area contributed by atoms with E-state index in [2.05, 4.69) is 5.32 Å². The molecule has 0 heterocycles. The molecule has 0 aliphatic carbocycles. The summed E-state index contributed by atoms with van der Waals surface area (Å²) in [5.41, 5.74) is 5.24. The summed E-state index contributed by atoms with van der Waals surface area (Å²) in [6, 6.07) is 14.6. The van der Waals surface area contributed by atoms with E-state index in [1.54, 1.807) is 0 Å². The van der Waals surface area contributed by atoms with E-state index in [1.165, 1.54) is 0 Å². The molecule has 0 atom stereocenters. The quantitative estimate of drug-likeness (QED) is 0.742. The minimum Gasteiger partial charge on any atom is -0.444 e. The molecule has 3 aromatic rings. The largest absolute Gasteiger partial charge is 0.444 e. The summed E-state index contributed by atoms with van der Waals surface area (Å²) in [5.74, 6) is -3.47. The summed E-state index contributed by atoms with van der Waals surface area (Å²) in [7, 11) is 0. The van der Waals surface area contributed by atoms with Gasteiger partial charge in [0.15, 0.2) is 11.6 Å². The van der Waals surface area contributed by atoms with Crippen molar-refractivity contribution in [2.45, 2.75) is 6.61 Å². The molecule has 0 aliphatic rings. The highest BCUT2D eigenvalue weighted by Gasteiger charge is 2.16. The van der Waals surface area contributed by atoms with Gasteiger partial charge in [-0.05, 0) is 28.5 Å². The van der Waals surface area contributed by atoms with Crippen LogP contribution in [0.25, 0.3) is 10.8 Å². The second kappa shape index (κ2) is 7.18. The predicted molar refractivity (Wildman–Crippen MR) is 92.6 cm³/mol. The van der Waals surface area contributed by atoms with Crippen LogP contribution in [-0.4, -0.2) is 12.0 Å². The fraction of sp³-hybridized carbons (Fsp3) is 0.0526. The van der Waals surface area contributed by atoms with Crippen LogP contribution in [0.3, 0.4) is 0 Å². The number of hydrogen-bond acceptors (Lipinski definition) is 3. The van der Waals surface area contributed by atoms with Crippen molar-refractivity contribution >= 4 is 28.5 Å². The number of benzene rings is 3. The maximum Gasteiger partial charge on any atom is 0.411 e. The Kier molecular flexibility index (Phi) is 4.79. The van der Waals surface area contributed by atoms with Crippen molar-refractivity contribution in [1.82, 2.24) is 0 Å². The number of halogens is 2. The van der Waals surface area contributed by atoms with Crippen LogP contribution in [0.5, 0.6) is 0 Å². The van der Waals surface area contributed by atoms with E-state index in [0.717, 1.165) is 16.3 Å². The van der Waals surface area contributed by atoms with E-state index in [4.69, 9.17) is 10.5 Å². The predicted octanol–water partition coefficient (Wildman–Crippen LogP) is 3.97. The summed E-state index contributed by atoms with van der Waals surface area (Å²) < 4.78 is 31.6. The van der Waals surface area contributed by atoms with Crippen molar-refractivity contribution in [2.75, 3.05) is 5.32 Å². The minimum atomic E-state index is -1.24. The maximum atomic E-state index is 13.4. The van der Waals surface area contributed by atoms with Gasteiger partial charge in [-0.25, -0.2) is 13.6 Å². The van der Waals surface area contributed by atoms with Gasteiger partial charge in [-0.2, -0.15) is 0 Å². The molecule has 0 unspecified atom stereocenters. The van der Waals surface area contributed by atoms with Gasteiger partial charge in [-0.1, -0.05) is 36.4 Å². The Morgan fingerprint density at radius 2 is 1.65 bits per heavy atom. The number of rotatable bonds is 4. The lowest BCUT2D eigenvalue weighted by Crippen LogP contribution is -2.19. The van der Waals surface area contributed by atoms with Gasteiger partial charge in [-0.3, -0.25) is 10.1 Å². The van der Waals surface area contributed by atoms with Gasteiger partial charge < -0.3 is 10.5 Å². The normalized spacial score (nSPS) is 10.5. The maximum absolute atomic E-state index is 13.4. The van der Waals surface area contributed by atoms with Crippen LogP contribution in [-0.2, 0) is 11.3 Å². The number of nitrogens with one attached hydrogen (secondary N) is 1. The highest BCUT2D eigenvalue weighted by Crippen LogP contribution is 2.20. The number of ether oxygens (including phenoxy) is 1. The summed E-state index contributed by atoms with van der Waals surface area (Å²) in [6.45, 7) is -0.0355. The van der Waals surface area contributed by atoms with Crippen LogP contribution in [0.15, 0.2) is 54.6 Å². The molecule has 0 spiro atoms. The zero-order valence-electron chi connectivity index (χ0n) is 13.5. The van der Waals surface area contributed by atoms with E-state index < -0.39 is 23.6 Å². The number of carbonyl (C=O) groups excluding carboxylic acids is 2. The van der Waals surface area contributed by atoms with Gasteiger partial charge in [0.05, 0.1) is 11.3 Å². The lowest BCUT2D eigenvalue weighted by molar-refractivity contribution is 0.100. The standard InChI is InChI=1S/C19H14F2N2O3/c20-15-8-14(18(22)24)17(9-16(15)21)23-19(25)26-10-11-5-6-12-3-1-2-4-13(12)7-11/h1-9H,10H2,(H2,22,24)(H,23,25). The van der Waals surface area contributed by atoms with Gasteiger partial charge in [0.25, 0.3) is 5.91 Å².